The van der Waals surface area contributed by atoms with Gasteiger partial charge in [-0.25, -0.2) is 0 Å². The second-order valence-electron chi connectivity index (χ2n) is 8.29. The van der Waals surface area contributed by atoms with Gasteiger partial charge in [-0.15, -0.1) is 0 Å². The van der Waals surface area contributed by atoms with Crippen LogP contribution in [0.3, 0.4) is 0 Å². The van der Waals surface area contributed by atoms with E-state index in [4.69, 9.17) is 9.47 Å². The first-order valence-corrected chi connectivity index (χ1v) is 11.4. The number of nitrogens with zero attached hydrogens (tertiary/aromatic N) is 1. The van der Waals surface area contributed by atoms with E-state index in [1.54, 1.807) is 14.0 Å². The van der Waals surface area contributed by atoms with Gasteiger partial charge in [0.25, 0.3) is 5.91 Å². The van der Waals surface area contributed by atoms with Gasteiger partial charge in [0, 0.05) is 18.5 Å². The van der Waals surface area contributed by atoms with Gasteiger partial charge in [0.05, 0.1) is 13.2 Å². The van der Waals surface area contributed by atoms with Crippen molar-refractivity contribution in [3.63, 3.8) is 0 Å². The highest BCUT2D eigenvalue weighted by Gasteiger charge is 2.25. The number of methoxy groups -OCH3 is 1. The Labute approximate surface area is 190 Å². The lowest BCUT2D eigenvalue weighted by Crippen LogP contribution is -2.41. The molecule has 1 saturated heterocycles. The third-order valence-corrected chi connectivity index (χ3v) is 5.88. The second kappa shape index (κ2) is 12.2. The molecular weight excluding hydrogens is 404 g/mol. The molecule has 1 atom stereocenters. The number of hydrogen-bond donors (Lipinski definition) is 1. The van der Waals surface area contributed by atoms with Gasteiger partial charge in [-0.1, -0.05) is 36.8 Å². The Bertz CT molecular complexity index is 876. The SMILES string of the molecule is COc1ccccc1C(CNC(=O)COc1ccc(CCC(C)=O)cc1)N1CCCCC1. The molecule has 1 aliphatic rings. The number of likely N-dealkylation sites (tertiary alicyclic amines) is 1. The highest BCUT2D eigenvalue weighted by Crippen LogP contribution is 2.30. The van der Waals surface area contributed by atoms with Gasteiger partial charge in [0.15, 0.2) is 6.61 Å². The molecule has 32 heavy (non-hydrogen) atoms. The summed E-state index contributed by atoms with van der Waals surface area (Å²) in [4.78, 5) is 26.1. The smallest absolute Gasteiger partial charge is 0.258 e. The average Bonchev–Trinajstić information content (AvgIpc) is 2.83. The molecule has 172 valence electrons. The Kier molecular flexibility index (Phi) is 9.11. The number of benzene rings is 2. The van der Waals surface area contributed by atoms with Crippen LogP contribution in [0.2, 0.25) is 0 Å². The van der Waals surface area contributed by atoms with Gasteiger partial charge in [-0.05, 0) is 63.0 Å². The molecule has 1 aliphatic heterocycles. The molecule has 6 nitrogen and oxygen atoms in total. The quantitative estimate of drug-likeness (QED) is 0.576. The van der Waals surface area contributed by atoms with Crippen molar-refractivity contribution in [1.29, 1.82) is 0 Å². The topological polar surface area (TPSA) is 67.9 Å². The zero-order valence-electron chi connectivity index (χ0n) is 19.1. The van der Waals surface area contributed by atoms with Crippen molar-refractivity contribution in [1.82, 2.24) is 10.2 Å². The van der Waals surface area contributed by atoms with E-state index in [-0.39, 0.29) is 24.3 Å². The Morgan fingerprint density at radius 3 is 2.44 bits per heavy atom. The number of ether oxygens (including phenoxy) is 2. The summed E-state index contributed by atoms with van der Waals surface area (Å²) < 4.78 is 11.2. The van der Waals surface area contributed by atoms with Crippen LogP contribution in [-0.2, 0) is 16.0 Å². The number of nitrogens with one attached hydrogen (secondary N) is 1. The molecular formula is C26H34N2O4. The van der Waals surface area contributed by atoms with Crippen LogP contribution in [-0.4, -0.2) is 49.9 Å². The number of carbonyl (C=O) groups is 2. The molecule has 0 aromatic heterocycles. The van der Waals surface area contributed by atoms with Crippen LogP contribution in [0.15, 0.2) is 48.5 Å². The molecule has 1 amide bonds. The molecule has 2 aromatic carbocycles. The maximum Gasteiger partial charge on any atom is 0.258 e. The Morgan fingerprint density at radius 2 is 1.75 bits per heavy atom. The predicted octanol–water partition coefficient (Wildman–Crippen LogP) is 3.94. The summed E-state index contributed by atoms with van der Waals surface area (Å²) in [6.07, 6.45) is 4.85. The molecule has 0 bridgehead atoms. The van der Waals surface area contributed by atoms with Gasteiger partial charge in [0.2, 0.25) is 0 Å². The summed E-state index contributed by atoms with van der Waals surface area (Å²) in [7, 11) is 1.68. The third-order valence-electron chi connectivity index (χ3n) is 5.88. The van der Waals surface area contributed by atoms with E-state index in [0.717, 1.165) is 36.4 Å². The largest absolute Gasteiger partial charge is 0.496 e. The summed E-state index contributed by atoms with van der Waals surface area (Å²) in [5.41, 5.74) is 2.18. The van der Waals surface area contributed by atoms with Gasteiger partial charge in [-0.3, -0.25) is 9.69 Å². The highest BCUT2D eigenvalue weighted by atomic mass is 16.5. The van der Waals surface area contributed by atoms with Crippen LogP contribution < -0.4 is 14.8 Å². The van der Waals surface area contributed by atoms with Crippen molar-refractivity contribution in [3.05, 3.63) is 59.7 Å². The third kappa shape index (κ3) is 7.09. The van der Waals surface area contributed by atoms with Crippen LogP contribution in [0.25, 0.3) is 0 Å². The van der Waals surface area contributed by atoms with Crippen LogP contribution in [0, 0.1) is 0 Å². The van der Waals surface area contributed by atoms with E-state index >= 15 is 0 Å². The molecule has 0 aliphatic carbocycles. The lowest BCUT2D eigenvalue weighted by molar-refractivity contribution is -0.123. The number of Topliss-reactive ketones (excluding diaryl/α,β-unsaturated/α-hetero) is 1. The molecule has 1 N–H and O–H groups in total. The summed E-state index contributed by atoms with van der Waals surface area (Å²) in [5.74, 6) is 1.52. The summed E-state index contributed by atoms with van der Waals surface area (Å²) in [6.45, 7) is 4.11. The van der Waals surface area contributed by atoms with Crippen molar-refractivity contribution >= 4 is 11.7 Å². The van der Waals surface area contributed by atoms with Crippen molar-refractivity contribution < 1.29 is 19.1 Å². The van der Waals surface area contributed by atoms with Gasteiger partial charge in [-0.2, -0.15) is 0 Å². The van der Waals surface area contributed by atoms with Gasteiger partial charge in [0.1, 0.15) is 17.3 Å². The lowest BCUT2D eigenvalue weighted by Gasteiger charge is -2.35. The monoisotopic (exact) mass is 438 g/mol. The fraction of sp³-hybridized carbons (Fsp3) is 0.462. The minimum absolute atomic E-state index is 0.0363. The first-order chi connectivity index (χ1) is 15.6. The van der Waals surface area contributed by atoms with E-state index in [1.807, 2.05) is 42.5 Å². The first kappa shape index (κ1) is 23.8. The fourth-order valence-corrected chi connectivity index (χ4v) is 4.09. The van der Waals surface area contributed by atoms with E-state index in [9.17, 15) is 9.59 Å². The molecule has 0 saturated carbocycles. The standard InChI is InChI=1S/C26H34N2O4/c1-20(29)10-11-21-12-14-22(15-13-21)32-19-26(30)27-18-24(28-16-6-3-7-17-28)23-8-4-5-9-25(23)31-2/h4-5,8-9,12-15,24H,3,6-7,10-11,16-19H2,1-2H3,(H,27,30). The maximum atomic E-state index is 12.5. The Balaban J connectivity index is 1.55. The number of carbonyl (C=O) groups excluding carboxylic acids is 2. The van der Waals surface area contributed by atoms with Crippen LogP contribution >= 0.6 is 0 Å². The van der Waals surface area contributed by atoms with E-state index in [0.29, 0.717) is 18.7 Å². The van der Waals surface area contributed by atoms with Crippen molar-refractivity contribution in [2.75, 3.05) is 33.4 Å². The molecule has 3 rings (SSSR count). The maximum absolute atomic E-state index is 12.5. The zero-order valence-corrected chi connectivity index (χ0v) is 19.1. The van der Waals surface area contributed by atoms with Crippen molar-refractivity contribution in [2.24, 2.45) is 0 Å². The number of ketones is 1. The minimum atomic E-state index is -0.150. The summed E-state index contributed by atoms with van der Waals surface area (Å²) >= 11 is 0. The van der Waals surface area contributed by atoms with Crippen LogP contribution in [0.5, 0.6) is 11.5 Å². The second-order valence-corrected chi connectivity index (χ2v) is 8.29. The number of rotatable bonds is 11. The van der Waals surface area contributed by atoms with Crippen LogP contribution in [0.4, 0.5) is 0 Å². The van der Waals surface area contributed by atoms with Gasteiger partial charge >= 0.3 is 0 Å². The van der Waals surface area contributed by atoms with Gasteiger partial charge < -0.3 is 19.6 Å². The van der Waals surface area contributed by atoms with E-state index in [1.165, 1.54) is 19.3 Å². The Morgan fingerprint density at radius 1 is 1.03 bits per heavy atom. The fourth-order valence-electron chi connectivity index (χ4n) is 4.09. The molecule has 1 unspecified atom stereocenters. The first-order valence-electron chi connectivity index (χ1n) is 11.4. The molecule has 1 fully saturated rings. The molecule has 0 radical (unpaired) electrons. The van der Waals surface area contributed by atoms with Crippen LogP contribution in [0.1, 0.15) is 49.8 Å². The molecule has 1 heterocycles. The average molecular weight is 439 g/mol. The minimum Gasteiger partial charge on any atom is -0.496 e. The van der Waals surface area contributed by atoms with Crippen molar-refractivity contribution in [2.45, 2.75) is 45.1 Å². The van der Waals surface area contributed by atoms with E-state index < -0.39 is 0 Å². The van der Waals surface area contributed by atoms with E-state index in [2.05, 4.69) is 16.3 Å². The number of hydrogen-bond acceptors (Lipinski definition) is 5. The normalized spacial score (nSPS) is 15.1. The summed E-state index contributed by atoms with van der Waals surface area (Å²) in [5, 5.41) is 3.05. The lowest BCUT2D eigenvalue weighted by atomic mass is 10.0. The molecule has 6 heteroatoms. The zero-order chi connectivity index (χ0) is 22.8. The number of para-hydroxylation sites is 1. The predicted molar refractivity (Wildman–Crippen MR) is 125 cm³/mol. The highest BCUT2D eigenvalue weighted by molar-refractivity contribution is 5.77. The number of amides is 1. The number of aryl methyl sites for hydroxylation is 1. The van der Waals surface area contributed by atoms with Crippen molar-refractivity contribution in [3.8, 4) is 11.5 Å². The summed E-state index contributed by atoms with van der Waals surface area (Å²) in [6, 6.07) is 15.6. The molecule has 2 aromatic rings. The number of piperidine rings is 1. The molecule has 0 spiro atoms. The Hall–Kier alpha value is -2.86.